The molecule has 0 aliphatic carbocycles. The van der Waals surface area contributed by atoms with E-state index in [2.05, 4.69) is 10.6 Å². The quantitative estimate of drug-likeness (QED) is 0.344. The highest BCUT2D eigenvalue weighted by Gasteiger charge is 2.17. The molecule has 23 heavy (non-hydrogen) atoms. The van der Waals surface area contributed by atoms with Crippen molar-refractivity contribution in [2.45, 2.75) is 0 Å². The second-order valence-corrected chi connectivity index (χ2v) is 4.79. The molecular weight excluding hydrogens is 326 g/mol. The molecule has 118 valence electrons. The van der Waals surface area contributed by atoms with Gasteiger partial charge in [-0.2, -0.15) is 0 Å². The summed E-state index contributed by atoms with van der Waals surface area (Å²) in [5.74, 6) is -1.95. The predicted octanol–water partition coefficient (Wildman–Crippen LogP) is 2.53. The standard InChI is InChI=1S/C14H10ClN3O5/c15-11-6-3-9(7-12(11)18(22)23)17-14(21)13(20)16-8-1-4-10(19)5-2-8/h1-7,19H,(H,16,20)(H,17,21). The van der Waals surface area contributed by atoms with E-state index < -0.39 is 16.7 Å². The van der Waals surface area contributed by atoms with Crippen LogP contribution < -0.4 is 10.6 Å². The van der Waals surface area contributed by atoms with Gasteiger partial charge in [0.25, 0.3) is 5.69 Å². The largest absolute Gasteiger partial charge is 0.508 e. The molecule has 0 aliphatic heterocycles. The van der Waals surface area contributed by atoms with Crippen molar-refractivity contribution in [2.75, 3.05) is 10.6 Å². The minimum absolute atomic E-state index is 0.0147. The van der Waals surface area contributed by atoms with Crippen molar-refractivity contribution in [1.29, 1.82) is 0 Å². The van der Waals surface area contributed by atoms with Crippen molar-refractivity contribution < 1.29 is 19.6 Å². The molecule has 2 amide bonds. The fourth-order valence-electron chi connectivity index (χ4n) is 1.65. The molecule has 0 heterocycles. The van der Waals surface area contributed by atoms with E-state index in [1.165, 1.54) is 36.4 Å². The van der Waals surface area contributed by atoms with Crippen molar-refractivity contribution in [1.82, 2.24) is 0 Å². The molecule has 0 radical (unpaired) electrons. The van der Waals surface area contributed by atoms with Gasteiger partial charge in [0, 0.05) is 17.4 Å². The maximum absolute atomic E-state index is 11.8. The molecule has 0 bridgehead atoms. The Morgan fingerprint density at radius 3 is 2.09 bits per heavy atom. The predicted molar refractivity (Wildman–Crippen MR) is 83.5 cm³/mol. The van der Waals surface area contributed by atoms with E-state index in [4.69, 9.17) is 16.7 Å². The fraction of sp³-hybridized carbons (Fsp3) is 0. The SMILES string of the molecule is O=C(Nc1ccc(O)cc1)C(=O)Nc1ccc(Cl)c([N+](=O)[O-])c1. The highest BCUT2D eigenvalue weighted by atomic mass is 35.5. The van der Waals surface area contributed by atoms with Crippen LogP contribution in [-0.2, 0) is 9.59 Å². The van der Waals surface area contributed by atoms with Gasteiger partial charge in [0.1, 0.15) is 10.8 Å². The molecular formula is C14H10ClN3O5. The Labute approximate surface area is 134 Å². The number of nitro groups is 1. The van der Waals surface area contributed by atoms with Crippen LogP contribution in [0, 0.1) is 10.1 Å². The summed E-state index contributed by atoms with van der Waals surface area (Å²) >= 11 is 5.66. The summed E-state index contributed by atoms with van der Waals surface area (Å²) in [5.41, 5.74) is -0.0135. The van der Waals surface area contributed by atoms with Gasteiger partial charge < -0.3 is 15.7 Å². The highest BCUT2D eigenvalue weighted by Crippen LogP contribution is 2.27. The van der Waals surface area contributed by atoms with Gasteiger partial charge in [0.2, 0.25) is 0 Å². The number of anilines is 2. The fourth-order valence-corrected chi connectivity index (χ4v) is 1.84. The molecule has 0 spiro atoms. The molecule has 9 heteroatoms. The Balaban J connectivity index is 2.06. The molecule has 0 aliphatic rings. The highest BCUT2D eigenvalue weighted by molar-refractivity contribution is 6.43. The number of nitrogens with one attached hydrogen (secondary N) is 2. The molecule has 0 aromatic heterocycles. The van der Waals surface area contributed by atoms with Gasteiger partial charge in [-0.05, 0) is 36.4 Å². The third-order valence-corrected chi connectivity index (χ3v) is 3.05. The number of carbonyl (C=O) groups is 2. The van der Waals surface area contributed by atoms with Crippen LogP contribution in [0.4, 0.5) is 17.1 Å². The minimum atomic E-state index is -1.00. The number of hydrogen-bond acceptors (Lipinski definition) is 5. The number of halogens is 1. The van der Waals surface area contributed by atoms with Crippen molar-refractivity contribution in [3.8, 4) is 5.75 Å². The minimum Gasteiger partial charge on any atom is -0.508 e. The Bertz CT molecular complexity index is 776. The van der Waals surface area contributed by atoms with Crippen molar-refractivity contribution in [2.24, 2.45) is 0 Å². The molecule has 0 atom stereocenters. The second kappa shape index (κ2) is 6.75. The summed E-state index contributed by atoms with van der Waals surface area (Å²) in [6.07, 6.45) is 0. The third kappa shape index (κ3) is 4.17. The van der Waals surface area contributed by atoms with E-state index in [0.717, 1.165) is 6.07 Å². The van der Waals surface area contributed by atoms with Gasteiger partial charge in [0.05, 0.1) is 4.92 Å². The number of rotatable bonds is 3. The number of phenolic OH excluding ortho intramolecular Hbond substituents is 1. The molecule has 2 rings (SSSR count). The van der Waals surface area contributed by atoms with Crippen molar-refractivity contribution in [3.63, 3.8) is 0 Å². The number of hydrogen-bond donors (Lipinski definition) is 3. The van der Waals surface area contributed by atoms with E-state index in [9.17, 15) is 19.7 Å². The lowest BCUT2D eigenvalue weighted by Gasteiger charge is -2.07. The van der Waals surface area contributed by atoms with E-state index in [1.54, 1.807) is 0 Å². The number of nitrogens with zero attached hydrogens (tertiary/aromatic N) is 1. The zero-order valence-electron chi connectivity index (χ0n) is 11.4. The maximum atomic E-state index is 11.8. The first-order valence-electron chi connectivity index (χ1n) is 6.22. The van der Waals surface area contributed by atoms with Gasteiger partial charge in [-0.15, -0.1) is 0 Å². The van der Waals surface area contributed by atoms with Crippen LogP contribution in [0.1, 0.15) is 0 Å². The Morgan fingerprint density at radius 1 is 1.00 bits per heavy atom. The average molecular weight is 336 g/mol. The third-order valence-electron chi connectivity index (χ3n) is 2.73. The number of nitro benzene ring substituents is 1. The molecule has 0 saturated carbocycles. The van der Waals surface area contributed by atoms with Gasteiger partial charge in [-0.3, -0.25) is 19.7 Å². The van der Waals surface area contributed by atoms with Crippen LogP contribution in [0.5, 0.6) is 5.75 Å². The van der Waals surface area contributed by atoms with Crippen LogP contribution >= 0.6 is 11.6 Å². The number of carbonyl (C=O) groups excluding carboxylic acids is 2. The Hall–Kier alpha value is -3.13. The van der Waals surface area contributed by atoms with E-state index in [1.807, 2.05) is 0 Å². The number of phenols is 1. The summed E-state index contributed by atoms with van der Waals surface area (Å²) < 4.78 is 0. The Morgan fingerprint density at radius 2 is 1.52 bits per heavy atom. The summed E-state index contributed by atoms with van der Waals surface area (Å²) in [6.45, 7) is 0. The molecule has 0 unspecified atom stereocenters. The van der Waals surface area contributed by atoms with E-state index in [-0.39, 0.29) is 22.1 Å². The maximum Gasteiger partial charge on any atom is 0.314 e. The smallest absolute Gasteiger partial charge is 0.314 e. The lowest BCUT2D eigenvalue weighted by Crippen LogP contribution is -2.29. The van der Waals surface area contributed by atoms with Crippen molar-refractivity contribution in [3.05, 3.63) is 57.6 Å². The molecule has 2 aromatic carbocycles. The second-order valence-electron chi connectivity index (χ2n) is 4.38. The lowest BCUT2D eigenvalue weighted by atomic mass is 10.2. The first-order valence-corrected chi connectivity index (χ1v) is 6.60. The molecule has 8 nitrogen and oxygen atoms in total. The van der Waals surface area contributed by atoms with E-state index in [0.29, 0.717) is 5.69 Å². The topological polar surface area (TPSA) is 122 Å². The lowest BCUT2D eigenvalue weighted by molar-refractivity contribution is -0.384. The molecule has 0 saturated heterocycles. The van der Waals surface area contributed by atoms with Crippen LogP contribution in [0.2, 0.25) is 5.02 Å². The van der Waals surface area contributed by atoms with Gasteiger partial charge >= 0.3 is 11.8 Å². The molecule has 2 aromatic rings. The number of amides is 2. The van der Waals surface area contributed by atoms with Crippen molar-refractivity contribution >= 4 is 40.5 Å². The van der Waals surface area contributed by atoms with Crippen LogP contribution in [0.15, 0.2) is 42.5 Å². The van der Waals surface area contributed by atoms with Gasteiger partial charge in [-0.25, -0.2) is 0 Å². The first-order chi connectivity index (χ1) is 10.9. The van der Waals surface area contributed by atoms with Gasteiger partial charge in [0.15, 0.2) is 0 Å². The van der Waals surface area contributed by atoms with Crippen LogP contribution in [0.25, 0.3) is 0 Å². The number of benzene rings is 2. The number of aromatic hydroxyl groups is 1. The average Bonchev–Trinajstić information content (AvgIpc) is 2.51. The van der Waals surface area contributed by atoms with Crippen LogP contribution in [-0.4, -0.2) is 21.8 Å². The van der Waals surface area contributed by atoms with Gasteiger partial charge in [-0.1, -0.05) is 11.6 Å². The van der Waals surface area contributed by atoms with E-state index >= 15 is 0 Å². The normalized spacial score (nSPS) is 9.96. The summed E-state index contributed by atoms with van der Waals surface area (Å²) in [6, 6.07) is 9.13. The Kier molecular flexibility index (Phi) is 4.77. The summed E-state index contributed by atoms with van der Waals surface area (Å²) in [7, 11) is 0. The first kappa shape index (κ1) is 16.2. The molecule has 3 N–H and O–H groups in total. The summed E-state index contributed by atoms with van der Waals surface area (Å²) in [4.78, 5) is 33.6. The zero-order valence-corrected chi connectivity index (χ0v) is 12.2. The molecule has 0 fully saturated rings. The monoisotopic (exact) mass is 335 g/mol. The zero-order chi connectivity index (χ0) is 17.0. The summed E-state index contributed by atoms with van der Waals surface area (Å²) in [5, 5.41) is 24.4. The van der Waals surface area contributed by atoms with Crippen LogP contribution in [0.3, 0.4) is 0 Å².